The first-order valence-corrected chi connectivity index (χ1v) is 7.83. The number of likely N-dealkylation sites (tertiary alicyclic amines) is 1. The summed E-state index contributed by atoms with van der Waals surface area (Å²) in [5, 5.41) is 3.43. The van der Waals surface area contributed by atoms with E-state index in [1.807, 2.05) is 4.90 Å². The molecule has 1 aliphatic rings. The van der Waals surface area contributed by atoms with Crippen molar-refractivity contribution in [2.24, 2.45) is 0 Å². The SMILES string of the molecule is COCC(=O)N1CCC(NCc2cc(F)ccc2Br)CC1. The zero-order valence-corrected chi connectivity index (χ0v) is 13.7. The molecule has 0 spiro atoms. The van der Waals surface area contributed by atoms with E-state index >= 15 is 0 Å². The molecule has 0 unspecified atom stereocenters. The van der Waals surface area contributed by atoms with Gasteiger partial charge in [0.25, 0.3) is 0 Å². The van der Waals surface area contributed by atoms with Crippen molar-refractivity contribution in [1.29, 1.82) is 0 Å². The number of benzene rings is 1. The molecule has 1 N–H and O–H groups in total. The van der Waals surface area contributed by atoms with Crippen molar-refractivity contribution >= 4 is 21.8 Å². The smallest absolute Gasteiger partial charge is 0.248 e. The molecule has 1 aromatic rings. The van der Waals surface area contributed by atoms with Crippen molar-refractivity contribution in [2.75, 3.05) is 26.8 Å². The molecule has 1 aliphatic heterocycles. The quantitative estimate of drug-likeness (QED) is 0.878. The first kappa shape index (κ1) is 16.4. The number of ether oxygens (including phenoxy) is 1. The second-order valence-corrected chi connectivity index (χ2v) is 6.06. The van der Waals surface area contributed by atoms with E-state index < -0.39 is 0 Å². The van der Waals surface area contributed by atoms with E-state index in [0.29, 0.717) is 12.6 Å². The fraction of sp³-hybridized carbons (Fsp3) is 0.533. The average Bonchev–Trinajstić information content (AvgIpc) is 2.49. The largest absolute Gasteiger partial charge is 0.375 e. The number of hydrogen-bond acceptors (Lipinski definition) is 3. The summed E-state index contributed by atoms with van der Waals surface area (Å²) in [6.07, 6.45) is 1.81. The van der Waals surface area contributed by atoms with Gasteiger partial charge >= 0.3 is 0 Å². The van der Waals surface area contributed by atoms with Crippen LogP contribution in [0.5, 0.6) is 0 Å². The molecule has 1 amide bonds. The number of amides is 1. The maximum absolute atomic E-state index is 13.2. The fourth-order valence-electron chi connectivity index (χ4n) is 2.48. The molecular formula is C15H20BrFN2O2. The molecule has 21 heavy (non-hydrogen) atoms. The monoisotopic (exact) mass is 358 g/mol. The van der Waals surface area contributed by atoms with Gasteiger partial charge in [-0.25, -0.2) is 4.39 Å². The van der Waals surface area contributed by atoms with E-state index in [2.05, 4.69) is 21.2 Å². The number of rotatable bonds is 5. The van der Waals surface area contributed by atoms with E-state index in [9.17, 15) is 9.18 Å². The molecule has 0 aliphatic carbocycles. The minimum Gasteiger partial charge on any atom is -0.375 e. The maximum atomic E-state index is 13.2. The number of nitrogens with zero attached hydrogens (tertiary/aromatic N) is 1. The molecular weight excluding hydrogens is 339 g/mol. The van der Waals surface area contributed by atoms with E-state index in [1.165, 1.54) is 19.2 Å². The topological polar surface area (TPSA) is 41.6 Å². The normalized spacial score (nSPS) is 16.2. The van der Waals surface area contributed by atoms with Gasteiger partial charge in [-0.1, -0.05) is 15.9 Å². The molecule has 0 radical (unpaired) electrons. The zero-order chi connectivity index (χ0) is 15.2. The summed E-state index contributed by atoms with van der Waals surface area (Å²) in [6.45, 7) is 2.25. The summed E-state index contributed by atoms with van der Waals surface area (Å²) in [4.78, 5) is 13.5. The molecule has 1 saturated heterocycles. The van der Waals surface area contributed by atoms with Crippen LogP contribution in [-0.2, 0) is 16.1 Å². The summed E-state index contributed by atoms with van der Waals surface area (Å²) < 4.78 is 19.0. The third-order valence-electron chi connectivity index (χ3n) is 3.70. The van der Waals surface area contributed by atoms with Gasteiger partial charge in [0.2, 0.25) is 5.91 Å². The van der Waals surface area contributed by atoms with Gasteiger partial charge in [0.15, 0.2) is 0 Å². The maximum Gasteiger partial charge on any atom is 0.248 e. The zero-order valence-electron chi connectivity index (χ0n) is 12.1. The first-order valence-electron chi connectivity index (χ1n) is 7.04. The van der Waals surface area contributed by atoms with Crippen LogP contribution in [0.4, 0.5) is 4.39 Å². The van der Waals surface area contributed by atoms with Crippen molar-refractivity contribution in [3.8, 4) is 0 Å². The van der Waals surface area contributed by atoms with Gasteiger partial charge in [-0.15, -0.1) is 0 Å². The van der Waals surface area contributed by atoms with Gasteiger partial charge in [-0.05, 0) is 36.6 Å². The van der Waals surface area contributed by atoms with Gasteiger partial charge in [0.05, 0.1) is 0 Å². The highest BCUT2D eigenvalue weighted by molar-refractivity contribution is 9.10. The molecule has 1 heterocycles. The number of carbonyl (C=O) groups is 1. The van der Waals surface area contributed by atoms with Crippen LogP contribution in [0.2, 0.25) is 0 Å². The summed E-state index contributed by atoms with van der Waals surface area (Å²) >= 11 is 3.43. The number of hydrogen-bond donors (Lipinski definition) is 1. The third-order valence-corrected chi connectivity index (χ3v) is 4.48. The van der Waals surface area contributed by atoms with E-state index in [-0.39, 0.29) is 18.3 Å². The van der Waals surface area contributed by atoms with Gasteiger partial charge < -0.3 is 15.0 Å². The Kier molecular flexibility index (Phi) is 6.14. The predicted octanol–water partition coefficient (Wildman–Crippen LogP) is 2.32. The van der Waals surface area contributed by atoms with Crippen molar-refractivity contribution in [3.63, 3.8) is 0 Å². The molecule has 0 atom stereocenters. The molecule has 0 bridgehead atoms. The summed E-state index contributed by atoms with van der Waals surface area (Å²) in [7, 11) is 1.53. The molecule has 4 nitrogen and oxygen atoms in total. The minimum absolute atomic E-state index is 0.0452. The van der Waals surface area contributed by atoms with Crippen LogP contribution in [-0.4, -0.2) is 43.7 Å². The highest BCUT2D eigenvalue weighted by atomic mass is 79.9. The van der Waals surface area contributed by atoms with Crippen LogP contribution in [0.15, 0.2) is 22.7 Å². The van der Waals surface area contributed by atoms with E-state index in [4.69, 9.17) is 4.74 Å². The minimum atomic E-state index is -0.227. The second-order valence-electron chi connectivity index (χ2n) is 5.20. The van der Waals surface area contributed by atoms with Gasteiger partial charge in [0.1, 0.15) is 12.4 Å². The lowest BCUT2D eigenvalue weighted by Crippen LogP contribution is -2.45. The van der Waals surface area contributed by atoms with Crippen LogP contribution in [0.1, 0.15) is 18.4 Å². The summed E-state index contributed by atoms with van der Waals surface area (Å²) in [5.74, 6) is -0.182. The standard InChI is InChI=1S/C15H20BrFN2O2/c1-21-10-15(20)19-6-4-13(5-7-19)18-9-11-8-12(17)2-3-14(11)16/h2-3,8,13,18H,4-7,9-10H2,1H3. The lowest BCUT2D eigenvalue weighted by Gasteiger charge is -2.32. The van der Waals surface area contributed by atoms with Crippen LogP contribution >= 0.6 is 15.9 Å². The third kappa shape index (κ3) is 4.76. The van der Waals surface area contributed by atoms with Crippen LogP contribution in [0, 0.1) is 5.82 Å². The highest BCUT2D eigenvalue weighted by Crippen LogP contribution is 2.19. The Morgan fingerprint density at radius 3 is 2.86 bits per heavy atom. The number of halogens is 2. The lowest BCUT2D eigenvalue weighted by molar-refractivity contribution is -0.136. The molecule has 6 heteroatoms. The number of nitrogens with one attached hydrogen (secondary N) is 1. The van der Waals surface area contributed by atoms with Crippen molar-refractivity contribution < 1.29 is 13.9 Å². The van der Waals surface area contributed by atoms with Crippen molar-refractivity contribution in [1.82, 2.24) is 10.2 Å². The Hall–Kier alpha value is -0.980. The molecule has 0 saturated carbocycles. The van der Waals surface area contributed by atoms with Gasteiger partial charge in [-0.3, -0.25) is 4.79 Å². The number of piperidine rings is 1. The number of carbonyl (C=O) groups excluding carboxylic acids is 1. The van der Waals surface area contributed by atoms with Crippen LogP contribution in [0.3, 0.4) is 0 Å². The number of methoxy groups -OCH3 is 1. The van der Waals surface area contributed by atoms with Crippen molar-refractivity contribution in [2.45, 2.75) is 25.4 Å². The summed E-state index contributed by atoms with van der Waals surface area (Å²) in [5.41, 5.74) is 0.910. The Bertz CT molecular complexity index is 491. The Morgan fingerprint density at radius 1 is 1.48 bits per heavy atom. The lowest BCUT2D eigenvalue weighted by atomic mass is 10.0. The average molecular weight is 359 g/mol. The Balaban J connectivity index is 1.79. The van der Waals surface area contributed by atoms with Crippen LogP contribution in [0.25, 0.3) is 0 Å². The fourth-order valence-corrected chi connectivity index (χ4v) is 2.87. The molecule has 2 rings (SSSR count). The van der Waals surface area contributed by atoms with E-state index in [0.717, 1.165) is 36.0 Å². The van der Waals surface area contributed by atoms with Gasteiger partial charge in [0, 0.05) is 37.3 Å². The first-order chi connectivity index (χ1) is 10.1. The van der Waals surface area contributed by atoms with Crippen LogP contribution < -0.4 is 5.32 Å². The molecule has 1 aromatic carbocycles. The predicted molar refractivity (Wildman–Crippen MR) is 82.4 cm³/mol. The Morgan fingerprint density at radius 2 is 2.19 bits per heavy atom. The van der Waals surface area contributed by atoms with E-state index in [1.54, 1.807) is 6.07 Å². The highest BCUT2D eigenvalue weighted by Gasteiger charge is 2.22. The van der Waals surface area contributed by atoms with Crippen molar-refractivity contribution in [3.05, 3.63) is 34.1 Å². The Labute approximate surface area is 132 Å². The van der Waals surface area contributed by atoms with Gasteiger partial charge in [-0.2, -0.15) is 0 Å². The molecule has 116 valence electrons. The summed E-state index contributed by atoms with van der Waals surface area (Å²) in [6, 6.07) is 5.05. The molecule has 0 aromatic heterocycles. The molecule has 1 fully saturated rings. The second kappa shape index (κ2) is 7.87.